The van der Waals surface area contributed by atoms with E-state index in [1.54, 1.807) is 0 Å². The molecule has 0 saturated carbocycles. The molecule has 20 heavy (non-hydrogen) atoms. The Morgan fingerprint density at radius 3 is 2.55 bits per heavy atom. The zero-order valence-electron chi connectivity index (χ0n) is 11.2. The number of nitrogens with one attached hydrogen (secondary N) is 1. The van der Waals surface area contributed by atoms with Crippen molar-refractivity contribution in [3.63, 3.8) is 0 Å². The van der Waals surface area contributed by atoms with Crippen molar-refractivity contribution < 1.29 is 13.3 Å². The molecule has 2 rings (SSSR count). The third-order valence-electron chi connectivity index (χ3n) is 3.45. The second-order valence-electron chi connectivity index (χ2n) is 4.81. The molecule has 0 radical (unpaired) electrons. The average Bonchev–Trinajstić information content (AvgIpc) is 2.88. The first-order valence-electron chi connectivity index (χ1n) is 6.31. The molecule has 1 atom stereocenters. The zero-order chi connectivity index (χ0) is 14.8. The van der Waals surface area contributed by atoms with Crippen LogP contribution in [0, 0.1) is 10.1 Å². The summed E-state index contributed by atoms with van der Waals surface area (Å²) >= 11 is 0. The summed E-state index contributed by atoms with van der Waals surface area (Å²) in [6.45, 7) is 0.993. The maximum atomic E-state index is 12.2. The molecule has 1 unspecified atom stereocenters. The standard InChI is InChI=1S/C12H17N3O4S/c1-13-11-6-7-14(8-11)20(18,19)9-10-2-4-12(5-3-10)15(16)17/h2-5,11,13H,6-9H2,1H3. The fourth-order valence-corrected chi connectivity index (χ4v) is 3.82. The maximum absolute atomic E-state index is 12.2. The van der Waals surface area contributed by atoms with Crippen LogP contribution in [0.4, 0.5) is 5.69 Å². The van der Waals surface area contributed by atoms with Gasteiger partial charge in [0.05, 0.1) is 10.7 Å². The molecule has 1 aliphatic rings. The summed E-state index contributed by atoms with van der Waals surface area (Å²) in [5.74, 6) is -0.124. The monoisotopic (exact) mass is 299 g/mol. The van der Waals surface area contributed by atoms with E-state index in [1.807, 2.05) is 7.05 Å². The first-order valence-corrected chi connectivity index (χ1v) is 7.92. The van der Waals surface area contributed by atoms with Crippen LogP contribution in [0.2, 0.25) is 0 Å². The van der Waals surface area contributed by atoms with Crippen molar-refractivity contribution in [1.82, 2.24) is 9.62 Å². The number of nitro benzene ring substituents is 1. The summed E-state index contributed by atoms with van der Waals surface area (Å²) in [6.07, 6.45) is 0.802. The van der Waals surface area contributed by atoms with E-state index in [2.05, 4.69) is 5.32 Å². The van der Waals surface area contributed by atoms with Crippen molar-refractivity contribution in [1.29, 1.82) is 0 Å². The van der Waals surface area contributed by atoms with Crippen LogP contribution >= 0.6 is 0 Å². The molecule has 0 amide bonds. The van der Waals surface area contributed by atoms with Gasteiger partial charge < -0.3 is 5.32 Å². The molecule has 1 aromatic carbocycles. The van der Waals surface area contributed by atoms with Gasteiger partial charge in [-0.1, -0.05) is 12.1 Å². The van der Waals surface area contributed by atoms with Gasteiger partial charge >= 0.3 is 0 Å². The lowest BCUT2D eigenvalue weighted by atomic mass is 10.2. The van der Waals surface area contributed by atoms with E-state index in [-0.39, 0.29) is 17.5 Å². The Morgan fingerprint density at radius 1 is 1.40 bits per heavy atom. The van der Waals surface area contributed by atoms with Crippen LogP contribution in [0.3, 0.4) is 0 Å². The largest absolute Gasteiger partial charge is 0.316 e. The molecule has 8 heteroatoms. The number of non-ortho nitro benzene ring substituents is 1. The SMILES string of the molecule is CNC1CCN(S(=O)(=O)Cc2ccc([N+](=O)[O-])cc2)C1. The van der Waals surface area contributed by atoms with E-state index in [0.29, 0.717) is 18.7 Å². The Hall–Kier alpha value is -1.51. The Morgan fingerprint density at radius 2 is 2.05 bits per heavy atom. The molecule has 0 spiro atoms. The Bertz CT molecular complexity index is 585. The quantitative estimate of drug-likeness (QED) is 0.639. The van der Waals surface area contributed by atoms with Gasteiger partial charge in [0.1, 0.15) is 0 Å². The third-order valence-corrected chi connectivity index (χ3v) is 5.27. The highest BCUT2D eigenvalue weighted by Gasteiger charge is 2.30. The van der Waals surface area contributed by atoms with Gasteiger partial charge in [-0.2, -0.15) is 0 Å². The van der Waals surface area contributed by atoms with Gasteiger partial charge in [0, 0.05) is 31.3 Å². The van der Waals surface area contributed by atoms with Crippen molar-refractivity contribution in [2.24, 2.45) is 0 Å². The number of nitrogens with zero attached hydrogens (tertiary/aromatic N) is 2. The van der Waals surface area contributed by atoms with Gasteiger partial charge in [0.25, 0.3) is 5.69 Å². The van der Waals surface area contributed by atoms with E-state index >= 15 is 0 Å². The molecule has 1 aliphatic heterocycles. The summed E-state index contributed by atoms with van der Waals surface area (Å²) in [4.78, 5) is 10.0. The summed E-state index contributed by atoms with van der Waals surface area (Å²) in [6, 6.07) is 5.82. The predicted octanol–water partition coefficient (Wildman–Crippen LogP) is 0.718. The van der Waals surface area contributed by atoms with Crippen molar-refractivity contribution in [3.05, 3.63) is 39.9 Å². The Kier molecular flexibility index (Phi) is 4.36. The van der Waals surface area contributed by atoms with Crippen LogP contribution in [0.5, 0.6) is 0 Å². The minimum atomic E-state index is -3.37. The molecule has 1 fully saturated rings. The van der Waals surface area contributed by atoms with Crippen LogP contribution in [-0.4, -0.2) is 43.8 Å². The number of likely N-dealkylation sites (N-methyl/N-ethyl adjacent to an activating group) is 1. The number of benzene rings is 1. The second-order valence-corrected chi connectivity index (χ2v) is 6.78. The van der Waals surface area contributed by atoms with E-state index in [4.69, 9.17) is 0 Å². The van der Waals surface area contributed by atoms with Crippen LogP contribution < -0.4 is 5.32 Å². The molecule has 110 valence electrons. The lowest BCUT2D eigenvalue weighted by Crippen LogP contribution is -2.34. The maximum Gasteiger partial charge on any atom is 0.269 e. The molecular weight excluding hydrogens is 282 g/mol. The van der Waals surface area contributed by atoms with E-state index in [1.165, 1.54) is 28.6 Å². The molecule has 1 N–H and O–H groups in total. The highest BCUT2D eigenvalue weighted by Crippen LogP contribution is 2.19. The third kappa shape index (κ3) is 3.33. The van der Waals surface area contributed by atoms with Gasteiger partial charge in [-0.3, -0.25) is 10.1 Å². The predicted molar refractivity (Wildman–Crippen MR) is 74.8 cm³/mol. The number of sulfonamides is 1. The fourth-order valence-electron chi connectivity index (χ4n) is 2.23. The van der Waals surface area contributed by atoms with Crippen LogP contribution in [0.1, 0.15) is 12.0 Å². The molecule has 0 aromatic heterocycles. The highest BCUT2D eigenvalue weighted by atomic mass is 32.2. The minimum absolute atomic E-state index is 0.0393. The molecule has 1 saturated heterocycles. The van der Waals surface area contributed by atoms with Gasteiger partial charge in [-0.05, 0) is 19.0 Å². The first-order chi connectivity index (χ1) is 9.42. The molecule has 1 heterocycles. The topological polar surface area (TPSA) is 92.6 Å². The van der Waals surface area contributed by atoms with Gasteiger partial charge in [-0.25, -0.2) is 12.7 Å². The Balaban J connectivity index is 2.06. The van der Waals surface area contributed by atoms with Crippen molar-refractivity contribution in [3.8, 4) is 0 Å². The first kappa shape index (κ1) is 14.9. The molecule has 1 aromatic rings. The van der Waals surface area contributed by atoms with Crippen molar-refractivity contribution in [2.75, 3.05) is 20.1 Å². The molecule has 7 nitrogen and oxygen atoms in total. The summed E-state index contributed by atoms with van der Waals surface area (Å²) in [5, 5.41) is 13.6. The normalized spacial score (nSPS) is 20.1. The molecular formula is C12H17N3O4S. The number of nitro groups is 1. The molecule has 0 bridgehead atoms. The second kappa shape index (κ2) is 5.86. The van der Waals surface area contributed by atoms with Crippen LogP contribution in [-0.2, 0) is 15.8 Å². The van der Waals surface area contributed by atoms with E-state index in [9.17, 15) is 18.5 Å². The average molecular weight is 299 g/mol. The highest BCUT2D eigenvalue weighted by molar-refractivity contribution is 7.88. The summed E-state index contributed by atoms with van der Waals surface area (Å²) < 4.78 is 26.0. The van der Waals surface area contributed by atoms with Crippen LogP contribution in [0.15, 0.2) is 24.3 Å². The lowest BCUT2D eigenvalue weighted by Gasteiger charge is -2.16. The Labute approximate surface area is 117 Å². The smallest absolute Gasteiger partial charge is 0.269 e. The number of rotatable bonds is 5. The van der Waals surface area contributed by atoms with Crippen LogP contribution in [0.25, 0.3) is 0 Å². The number of hydrogen-bond acceptors (Lipinski definition) is 5. The van der Waals surface area contributed by atoms with Gasteiger partial charge in [0.2, 0.25) is 10.0 Å². The van der Waals surface area contributed by atoms with E-state index < -0.39 is 14.9 Å². The lowest BCUT2D eigenvalue weighted by molar-refractivity contribution is -0.384. The van der Waals surface area contributed by atoms with E-state index in [0.717, 1.165) is 6.42 Å². The van der Waals surface area contributed by atoms with Crippen molar-refractivity contribution >= 4 is 15.7 Å². The fraction of sp³-hybridized carbons (Fsp3) is 0.500. The zero-order valence-corrected chi connectivity index (χ0v) is 12.0. The summed E-state index contributed by atoms with van der Waals surface area (Å²) in [5.41, 5.74) is 0.520. The number of hydrogen-bond donors (Lipinski definition) is 1. The van der Waals surface area contributed by atoms with Gasteiger partial charge in [-0.15, -0.1) is 0 Å². The van der Waals surface area contributed by atoms with Crippen molar-refractivity contribution in [2.45, 2.75) is 18.2 Å². The minimum Gasteiger partial charge on any atom is -0.316 e. The van der Waals surface area contributed by atoms with Gasteiger partial charge in [0.15, 0.2) is 0 Å². The summed E-state index contributed by atoms with van der Waals surface area (Å²) in [7, 11) is -1.55. The molecule has 0 aliphatic carbocycles.